The van der Waals surface area contributed by atoms with Crippen LogP contribution in [0.25, 0.3) is 0 Å². The first-order chi connectivity index (χ1) is 8.15. The zero-order valence-corrected chi connectivity index (χ0v) is 11.7. The number of nitrogens with two attached hydrogens (primary N) is 1. The van der Waals surface area contributed by atoms with E-state index >= 15 is 0 Å². The topological polar surface area (TPSA) is 55.0 Å². The highest BCUT2D eigenvalue weighted by Crippen LogP contribution is 2.24. The molecule has 2 rings (SSSR count). The summed E-state index contributed by atoms with van der Waals surface area (Å²) in [7, 11) is 2.08. The van der Waals surface area contributed by atoms with Crippen molar-refractivity contribution in [3.63, 3.8) is 0 Å². The van der Waals surface area contributed by atoms with E-state index in [1.807, 2.05) is 0 Å². The van der Waals surface area contributed by atoms with E-state index in [1.165, 1.54) is 12.8 Å². The molecule has 17 heavy (non-hydrogen) atoms. The maximum Gasteiger partial charge on any atom is 0.146 e. The standard InChI is InChI=1S/C12H19BrN4/c1-17(12-7-15-11(13)6-16-12)8-9-2-4-10(14)5-3-9/h6-7,9-10H,2-5,8,14H2,1H3/t9-,10-. The first kappa shape index (κ1) is 12.8. The fourth-order valence-electron chi connectivity index (χ4n) is 2.35. The molecular formula is C12H19BrN4. The maximum absolute atomic E-state index is 5.91. The van der Waals surface area contributed by atoms with E-state index in [9.17, 15) is 0 Å². The molecule has 1 aromatic heterocycles. The van der Waals surface area contributed by atoms with Crippen LogP contribution in [-0.2, 0) is 0 Å². The van der Waals surface area contributed by atoms with Gasteiger partial charge in [0.25, 0.3) is 0 Å². The van der Waals surface area contributed by atoms with E-state index in [0.717, 1.165) is 35.7 Å². The summed E-state index contributed by atoms with van der Waals surface area (Å²) in [4.78, 5) is 10.7. The Labute approximate surface area is 111 Å². The van der Waals surface area contributed by atoms with Gasteiger partial charge >= 0.3 is 0 Å². The summed E-state index contributed by atoms with van der Waals surface area (Å²) in [6.07, 6.45) is 8.32. The molecule has 0 atom stereocenters. The summed E-state index contributed by atoms with van der Waals surface area (Å²) in [6.45, 7) is 1.04. The van der Waals surface area contributed by atoms with Gasteiger partial charge in [-0.25, -0.2) is 9.97 Å². The third-order valence-electron chi connectivity index (χ3n) is 3.42. The van der Waals surface area contributed by atoms with Crippen LogP contribution in [0, 0.1) is 5.92 Å². The molecule has 1 saturated carbocycles. The highest BCUT2D eigenvalue weighted by atomic mass is 79.9. The van der Waals surface area contributed by atoms with Crippen molar-refractivity contribution in [2.45, 2.75) is 31.7 Å². The molecule has 0 saturated heterocycles. The highest BCUT2D eigenvalue weighted by molar-refractivity contribution is 9.10. The SMILES string of the molecule is CN(C[C@H]1CC[C@H](N)CC1)c1cnc(Br)cn1. The average Bonchev–Trinajstić information content (AvgIpc) is 2.33. The van der Waals surface area contributed by atoms with E-state index in [4.69, 9.17) is 5.73 Å². The molecular weight excluding hydrogens is 280 g/mol. The quantitative estimate of drug-likeness (QED) is 0.929. The third-order valence-corrected chi connectivity index (χ3v) is 3.83. The predicted octanol–water partition coefficient (Wildman–Crippen LogP) is 2.19. The van der Waals surface area contributed by atoms with Crippen LogP contribution in [0.3, 0.4) is 0 Å². The van der Waals surface area contributed by atoms with Gasteiger partial charge < -0.3 is 10.6 Å². The van der Waals surface area contributed by atoms with Crippen molar-refractivity contribution in [2.75, 3.05) is 18.5 Å². The normalized spacial score (nSPS) is 24.6. The van der Waals surface area contributed by atoms with E-state index in [2.05, 4.69) is 37.8 Å². The third kappa shape index (κ3) is 3.64. The van der Waals surface area contributed by atoms with E-state index in [1.54, 1.807) is 12.4 Å². The lowest BCUT2D eigenvalue weighted by molar-refractivity contribution is 0.329. The van der Waals surface area contributed by atoms with Crippen LogP contribution in [0.1, 0.15) is 25.7 Å². The smallest absolute Gasteiger partial charge is 0.146 e. The number of halogens is 1. The highest BCUT2D eigenvalue weighted by Gasteiger charge is 2.20. The number of aromatic nitrogens is 2. The van der Waals surface area contributed by atoms with Gasteiger partial charge in [0.15, 0.2) is 0 Å². The monoisotopic (exact) mass is 298 g/mol. The van der Waals surface area contributed by atoms with Crippen LogP contribution < -0.4 is 10.6 Å². The molecule has 0 aromatic carbocycles. The van der Waals surface area contributed by atoms with Gasteiger partial charge in [0.1, 0.15) is 10.4 Å². The number of nitrogens with zero attached hydrogens (tertiary/aromatic N) is 3. The zero-order chi connectivity index (χ0) is 12.3. The molecule has 1 aliphatic rings. The average molecular weight is 299 g/mol. The minimum Gasteiger partial charge on any atom is -0.358 e. The molecule has 0 radical (unpaired) electrons. The Bertz CT molecular complexity index is 346. The molecule has 0 spiro atoms. The Morgan fingerprint density at radius 2 is 2.00 bits per heavy atom. The van der Waals surface area contributed by atoms with Crippen LogP contribution in [0.4, 0.5) is 5.82 Å². The second kappa shape index (κ2) is 5.78. The van der Waals surface area contributed by atoms with Crippen LogP contribution in [0.2, 0.25) is 0 Å². The Balaban J connectivity index is 1.88. The lowest BCUT2D eigenvalue weighted by Crippen LogP contribution is -2.33. The van der Waals surface area contributed by atoms with Crippen LogP contribution in [0.5, 0.6) is 0 Å². The van der Waals surface area contributed by atoms with Gasteiger partial charge in [-0.3, -0.25) is 0 Å². The molecule has 5 heteroatoms. The predicted molar refractivity (Wildman–Crippen MR) is 72.9 cm³/mol. The molecule has 1 heterocycles. The lowest BCUT2D eigenvalue weighted by Gasteiger charge is -2.30. The molecule has 94 valence electrons. The lowest BCUT2D eigenvalue weighted by atomic mass is 9.86. The number of hydrogen-bond acceptors (Lipinski definition) is 4. The van der Waals surface area contributed by atoms with Crippen molar-refractivity contribution in [3.8, 4) is 0 Å². The first-order valence-electron chi connectivity index (χ1n) is 6.09. The Morgan fingerprint density at radius 1 is 1.29 bits per heavy atom. The fourth-order valence-corrected chi connectivity index (χ4v) is 2.56. The van der Waals surface area contributed by atoms with Crippen molar-refractivity contribution >= 4 is 21.7 Å². The van der Waals surface area contributed by atoms with Gasteiger partial charge in [-0.1, -0.05) is 0 Å². The van der Waals surface area contributed by atoms with E-state index in [-0.39, 0.29) is 0 Å². The van der Waals surface area contributed by atoms with Gasteiger partial charge in [0.05, 0.1) is 12.4 Å². The first-order valence-corrected chi connectivity index (χ1v) is 6.88. The summed E-state index contributed by atoms with van der Waals surface area (Å²) in [5, 5.41) is 0. The fraction of sp³-hybridized carbons (Fsp3) is 0.667. The van der Waals surface area contributed by atoms with Gasteiger partial charge in [-0.15, -0.1) is 0 Å². The number of rotatable bonds is 3. The Morgan fingerprint density at radius 3 is 2.59 bits per heavy atom. The van der Waals surface area contributed by atoms with Crippen molar-refractivity contribution in [1.29, 1.82) is 0 Å². The Kier molecular flexibility index (Phi) is 4.34. The molecule has 0 bridgehead atoms. The summed E-state index contributed by atoms with van der Waals surface area (Å²) in [5.74, 6) is 1.67. The van der Waals surface area contributed by atoms with E-state index < -0.39 is 0 Å². The maximum atomic E-state index is 5.91. The van der Waals surface area contributed by atoms with Crippen LogP contribution in [0.15, 0.2) is 17.0 Å². The summed E-state index contributed by atoms with van der Waals surface area (Å²) in [5.41, 5.74) is 5.91. The largest absolute Gasteiger partial charge is 0.358 e. The molecule has 4 nitrogen and oxygen atoms in total. The van der Waals surface area contributed by atoms with E-state index in [0.29, 0.717) is 6.04 Å². The van der Waals surface area contributed by atoms with Gasteiger partial charge in [-0.2, -0.15) is 0 Å². The van der Waals surface area contributed by atoms with Crippen molar-refractivity contribution in [1.82, 2.24) is 9.97 Å². The number of anilines is 1. The molecule has 2 N–H and O–H groups in total. The molecule has 1 fully saturated rings. The summed E-state index contributed by atoms with van der Waals surface area (Å²) >= 11 is 3.29. The molecule has 1 aliphatic carbocycles. The van der Waals surface area contributed by atoms with Crippen molar-refractivity contribution < 1.29 is 0 Å². The van der Waals surface area contributed by atoms with Crippen LogP contribution >= 0.6 is 15.9 Å². The van der Waals surface area contributed by atoms with Gasteiger partial charge in [-0.05, 0) is 47.5 Å². The van der Waals surface area contributed by atoms with Crippen molar-refractivity contribution in [3.05, 3.63) is 17.0 Å². The molecule has 0 amide bonds. The second-order valence-electron chi connectivity index (χ2n) is 4.86. The van der Waals surface area contributed by atoms with Gasteiger partial charge in [0, 0.05) is 19.6 Å². The minimum atomic E-state index is 0.420. The minimum absolute atomic E-state index is 0.420. The summed E-state index contributed by atoms with van der Waals surface area (Å²) < 4.78 is 0.776. The van der Waals surface area contributed by atoms with Crippen molar-refractivity contribution in [2.24, 2.45) is 11.7 Å². The molecule has 0 aliphatic heterocycles. The Hall–Kier alpha value is -0.680. The molecule has 1 aromatic rings. The van der Waals surface area contributed by atoms with Crippen LogP contribution in [-0.4, -0.2) is 29.6 Å². The van der Waals surface area contributed by atoms with Gasteiger partial charge in [0.2, 0.25) is 0 Å². The summed E-state index contributed by atoms with van der Waals surface area (Å²) in [6, 6.07) is 0.420. The number of hydrogen-bond donors (Lipinski definition) is 1. The molecule has 0 unspecified atom stereocenters. The second-order valence-corrected chi connectivity index (χ2v) is 5.67. The zero-order valence-electron chi connectivity index (χ0n) is 10.1.